The number of aromatic carboxylic acids is 1. The second-order valence-electron chi connectivity index (χ2n) is 6.71. The lowest BCUT2D eigenvalue weighted by atomic mass is 9.92. The smallest absolute Gasteiger partial charge is 0.337 e. The summed E-state index contributed by atoms with van der Waals surface area (Å²) in [5.74, 6) is -0.865. The summed E-state index contributed by atoms with van der Waals surface area (Å²) in [6.45, 7) is 9.92. The average Bonchev–Trinajstić information content (AvgIpc) is 2.53. The highest BCUT2D eigenvalue weighted by Gasteiger charge is 2.18. The predicted molar refractivity (Wildman–Crippen MR) is 98.5 cm³/mol. The van der Waals surface area contributed by atoms with E-state index in [1.165, 1.54) is 12.1 Å². The molecule has 0 bridgehead atoms. The Bertz CT molecular complexity index is 784. The molecule has 1 amide bonds. The normalized spacial score (nSPS) is 11.0. The molecule has 0 aliphatic carbocycles. The number of aromatic nitrogens is 1. The summed E-state index contributed by atoms with van der Waals surface area (Å²) < 4.78 is 0. The average molecular weight is 340 g/mol. The van der Waals surface area contributed by atoms with Crippen molar-refractivity contribution in [1.82, 2.24) is 4.98 Å². The molecule has 5 heteroatoms. The molecule has 2 aromatic rings. The van der Waals surface area contributed by atoms with E-state index in [0.717, 1.165) is 16.8 Å². The van der Waals surface area contributed by atoms with Crippen molar-refractivity contribution in [1.29, 1.82) is 0 Å². The van der Waals surface area contributed by atoms with Crippen LogP contribution >= 0.6 is 0 Å². The third-order valence-electron chi connectivity index (χ3n) is 4.16. The topological polar surface area (TPSA) is 79.3 Å². The molecule has 0 unspecified atom stereocenters. The first kappa shape index (κ1) is 18.6. The third-order valence-corrected chi connectivity index (χ3v) is 4.16. The number of rotatable bonds is 5. The minimum absolute atomic E-state index is 0.0991. The van der Waals surface area contributed by atoms with Crippen LogP contribution in [0.4, 0.5) is 5.69 Å². The van der Waals surface area contributed by atoms with E-state index in [9.17, 15) is 9.59 Å². The van der Waals surface area contributed by atoms with E-state index < -0.39 is 5.97 Å². The van der Waals surface area contributed by atoms with Crippen LogP contribution in [0.2, 0.25) is 0 Å². The Labute approximate surface area is 148 Å². The first-order valence-electron chi connectivity index (χ1n) is 8.37. The maximum absolute atomic E-state index is 12.7. The van der Waals surface area contributed by atoms with E-state index in [2.05, 4.69) is 38.0 Å². The Morgan fingerprint density at radius 1 is 1.00 bits per heavy atom. The van der Waals surface area contributed by atoms with Crippen LogP contribution in [0.25, 0.3) is 0 Å². The van der Waals surface area contributed by atoms with Gasteiger partial charge in [0.1, 0.15) is 5.69 Å². The molecule has 0 atom stereocenters. The lowest BCUT2D eigenvalue weighted by Gasteiger charge is -2.20. The van der Waals surface area contributed by atoms with E-state index in [4.69, 9.17) is 5.11 Å². The molecular formula is C20H24N2O3. The second-order valence-corrected chi connectivity index (χ2v) is 6.71. The van der Waals surface area contributed by atoms with Crippen molar-refractivity contribution in [3.8, 4) is 0 Å². The highest BCUT2D eigenvalue weighted by molar-refractivity contribution is 6.04. The number of carbonyl (C=O) groups is 2. The van der Waals surface area contributed by atoms with Crippen molar-refractivity contribution in [2.24, 2.45) is 0 Å². The first-order chi connectivity index (χ1) is 11.7. The van der Waals surface area contributed by atoms with Gasteiger partial charge in [0.2, 0.25) is 0 Å². The molecule has 0 fully saturated rings. The standard InChI is InChI=1S/C20H24N2O3/c1-11(2)14-7-6-8-15(12(3)4)18(14)22-19(23)17-10-9-16(20(24)25)13(5)21-17/h6-12H,1-5H3,(H,22,23)(H,24,25). The zero-order valence-electron chi connectivity index (χ0n) is 15.3. The van der Waals surface area contributed by atoms with Crippen LogP contribution in [0.3, 0.4) is 0 Å². The van der Waals surface area contributed by atoms with E-state index in [0.29, 0.717) is 5.69 Å². The fraction of sp³-hybridized carbons (Fsp3) is 0.350. The third kappa shape index (κ3) is 4.05. The molecule has 2 rings (SSSR count). The zero-order chi connectivity index (χ0) is 18.7. The van der Waals surface area contributed by atoms with Gasteiger partial charge in [0.25, 0.3) is 5.91 Å². The maximum atomic E-state index is 12.7. The molecule has 2 N–H and O–H groups in total. The molecular weight excluding hydrogens is 316 g/mol. The molecule has 0 aliphatic rings. The monoisotopic (exact) mass is 340 g/mol. The highest BCUT2D eigenvalue weighted by atomic mass is 16.4. The number of carboxylic acids is 1. The summed E-state index contributed by atoms with van der Waals surface area (Å²) in [4.78, 5) is 27.9. The fourth-order valence-corrected chi connectivity index (χ4v) is 2.79. The van der Waals surface area contributed by atoms with Crippen molar-refractivity contribution in [3.05, 3.63) is 58.4 Å². The summed E-state index contributed by atoms with van der Waals surface area (Å²) in [5, 5.41) is 12.1. The molecule has 1 aromatic carbocycles. The van der Waals surface area contributed by atoms with E-state index >= 15 is 0 Å². The Hall–Kier alpha value is -2.69. The molecule has 5 nitrogen and oxygen atoms in total. The number of nitrogens with zero attached hydrogens (tertiary/aromatic N) is 1. The molecule has 1 heterocycles. The summed E-state index contributed by atoms with van der Waals surface area (Å²) in [7, 11) is 0. The highest BCUT2D eigenvalue weighted by Crippen LogP contribution is 2.32. The van der Waals surface area contributed by atoms with Crippen LogP contribution < -0.4 is 5.32 Å². The number of carboxylic acid groups (broad SMARTS) is 1. The zero-order valence-corrected chi connectivity index (χ0v) is 15.3. The number of anilines is 1. The van der Waals surface area contributed by atoms with E-state index in [1.54, 1.807) is 6.92 Å². The number of carbonyl (C=O) groups excluding carboxylic acids is 1. The van der Waals surface area contributed by atoms with Crippen molar-refractivity contribution in [2.45, 2.75) is 46.5 Å². The van der Waals surface area contributed by atoms with Gasteiger partial charge in [0.15, 0.2) is 0 Å². The Morgan fingerprint density at radius 3 is 2.00 bits per heavy atom. The maximum Gasteiger partial charge on any atom is 0.337 e. The van der Waals surface area contributed by atoms with Crippen LogP contribution in [-0.2, 0) is 0 Å². The van der Waals surface area contributed by atoms with Gasteiger partial charge in [-0.15, -0.1) is 0 Å². The minimum Gasteiger partial charge on any atom is -0.478 e. The fourth-order valence-electron chi connectivity index (χ4n) is 2.79. The number of hydrogen-bond acceptors (Lipinski definition) is 3. The van der Waals surface area contributed by atoms with Gasteiger partial charge < -0.3 is 10.4 Å². The van der Waals surface area contributed by atoms with Crippen LogP contribution in [-0.4, -0.2) is 22.0 Å². The van der Waals surface area contributed by atoms with Gasteiger partial charge in [-0.1, -0.05) is 45.9 Å². The van der Waals surface area contributed by atoms with Gasteiger partial charge in [0.05, 0.1) is 11.3 Å². The van der Waals surface area contributed by atoms with Gasteiger partial charge in [-0.3, -0.25) is 4.79 Å². The van der Waals surface area contributed by atoms with E-state index in [1.807, 2.05) is 18.2 Å². The van der Waals surface area contributed by atoms with Crippen molar-refractivity contribution in [3.63, 3.8) is 0 Å². The Kier molecular flexibility index (Phi) is 5.57. The minimum atomic E-state index is -1.05. The molecule has 132 valence electrons. The Balaban J connectivity index is 2.41. The van der Waals surface area contributed by atoms with Gasteiger partial charge in [-0.25, -0.2) is 9.78 Å². The summed E-state index contributed by atoms with van der Waals surface area (Å²) in [5.41, 5.74) is 3.58. The largest absolute Gasteiger partial charge is 0.478 e. The number of hydrogen-bond donors (Lipinski definition) is 2. The summed E-state index contributed by atoms with van der Waals surface area (Å²) >= 11 is 0. The van der Waals surface area contributed by atoms with Gasteiger partial charge in [0, 0.05) is 5.69 Å². The molecule has 0 radical (unpaired) electrons. The number of benzene rings is 1. The summed E-state index contributed by atoms with van der Waals surface area (Å²) in [6, 6.07) is 8.89. The SMILES string of the molecule is Cc1nc(C(=O)Nc2c(C(C)C)cccc2C(C)C)ccc1C(=O)O. The first-order valence-corrected chi connectivity index (χ1v) is 8.37. The molecule has 1 aromatic heterocycles. The number of pyridine rings is 1. The molecule has 0 saturated carbocycles. The van der Waals surface area contributed by atoms with Crippen molar-refractivity contribution < 1.29 is 14.7 Å². The molecule has 0 spiro atoms. The van der Waals surface area contributed by atoms with Gasteiger partial charge in [-0.2, -0.15) is 0 Å². The summed E-state index contributed by atoms with van der Waals surface area (Å²) in [6.07, 6.45) is 0. The van der Waals surface area contributed by atoms with E-state index in [-0.39, 0.29) is 29.0 Å². The Morgan fingerprint density at radius 2 is 1.56 bits per heavy atom. The molecule has 0 aliphatic heterocycles. The predicted octanol–water partition coefficient (Wildman–Crippen LogP) is 4.59. The number of nitrogens with one attached hydrogen (secondary N) is 1. The quantitative estimate of drug-likeness (QED) is 0.834. The lowest BCUT2D eigenvalue weighted by molar-refractivity contribution is 0.0695. The van der Waals surface area contributed by atoms with Gasteiger partial charge in [-0.05, 0) is 42.0 Å². The van der Waals surface area contributed by atoms with Crippen LogP contribution in [0.1, 0.15) is 77.2 Å². The van der Waals surface area contributed by atoms with Crippen molar-refractivity contribution >= 4 is 17.6 Å². The second kappa shape index (κ2) is 7.47. The lowest BCUT2D eigenvalue weighted by Crippen LogP contribution is -2.18. The molecule has 25 heavy (non-hydrogen) atoms. The molecule has 0 saturated heterocycles. The number of amides is 1. The number of para-hydroxylation sites is 1. The van der Waals surface area contributed by atoms with Crippen LogP contribution in [0.5, 0.6) is 0 Å². The van der Waals surface area contributed by atoms with Gasteiger partial charge >= 0.3 is 5.97 Å². The number of aryl methyl sites for hydroxylation is 1. The van der Waals surface area contributed by atoms with Crippen LogP contribution in [0.15, 0.2) is 30.3 Å². The van der Waals surface area contributed by atoms with Crippen LogP contribution in [0, 0.1) is 6.92 Å². The van der Waals surface area contributed by atoms with Crippen molar-refractivity contribution in [2.75, 3.05) is 5.32 Å².